The van der Waals surface area contributed by atoms with Gasteiger partial charge in [0.15, 0.2) is 0 Å². The lowest BCUT2D eigenvalue weighted by atomic mass is 10.0. The van der Waals surface area contributed by atoms with Crippen molar-refractivity contribution >= 4 is 16.9 Å². The summed E-state index contributed by atoms with van der Waals surface area (Å²) in [5.74, 6) is 0.980. The van der Waals surface area contributed by atoms with Crippen LogP contribution in [0.5, 0.6) is 5.75 Å². The largest absolute Gasteiger partial charge is 0.497 e. The third-order valence-corrected chi connectivity index (χ3v) is 5.51. The number of pyridine rings is 1. The van der Waals surface area contributed by atoms with E-state index < -0.39 is 0 Å². The van der Waals surface area contributed by atoms with Crippen LogP contribution in [-0.2, 0) is 16.0 Å². The van der Waals surface area contributed by atoms with Gasteiger partial charge in [-0.1, -0.05) is 12.1 Å². The number of carbonyl (C=O) groups excluding carboxylic acids is 1. The van der Waals surface area contributed by atoms with Crippen LogP contribution in [0.2, 0.25) is 0 Å². The molecule has 146 valence electrons. The van der Waals surface area contributed by atoms with E-state index in [1.807, 2.05) is 41.6 Å². The van der Waals surface area contributed by atoms with Crippen molar-refractivity contribution in [1.29, 1.82) is 0 Å². The van der Waals surface area contributed by atoms with E-state index in [1.54, 1.807) is 14.2 Å². The molecule has 0 unspecified atom stereocenters. The third kappa shape index (κ3) is 3.73. The molecule has 3 aromatic rings. The maximum Gasteiger partial charge on any atom is 0.227 e. The van der Waals surface area contributed by atoms with Gasteiger partial charge < -0.3 is 19.4 Å². The Morgan fingerprint density at radius 2 is 1.93 bits per heavy atom. The van der Waals surface area contributed by atoms with Crippen LogP contribution in [0, 0.1) is 0 Å². The van der Waals surface area contributed by atoms with Crippen LogP contribution in [-0.4, -0.2) is 54.2 Å². The number of amides is 1. The predicted molar refractivity (Wildman–Crippen MR) is 108 cm³/mol. The number of hydrogen-bond donors (Lipinski definition) is 1. The molecule has 0 bridgehead atoms. The van der Waals surface area contributed by atoms with Gasteiger partial charge in [-0.15, -0.1) is 0 Å². The summed E-state index contributed by atoms with van der Waals surface area (Å²) >= 11 is 0. The van der Waals surface area contributed by atoms with Crippen LogP contribution < -0.4 is 4.74 Å². The lowest BCUT2D eigenvalue weighted by molar-refractivity contribution is -0.132. The van der Waals surface area contributed by atoms with Crippen LogP contribution in [0.3, 0.4) is 0 Å². The van der Waals surface area contributed by atoms with Crippen LogP contribution in [0.1, 0.15) is 18.4 Å². The van der Waals surface area contributed by atoms with Crippen molar-refractivity contribution in [1.82, 2.24) is 14.9 Å². The summed E-state index contributed by atoms with van der Waals surface area (Å²) in [6, 6.07) is 9.99. The molecule has 0 saturated carbocycles. The van der Waals surface area contributed by atoms with E-state index in [4.69, 9.17) is 9.47 Å². The Labute approximate surface area is 164 Å². The van der Waals surface area contributed by atoms with Crippen LogP contribution >= 0.6 is 0 Å². The molecule has 6 nitrogen and oxygen atoms in total. The number of methoxy groups -OCH3 is 2. The van der Waals surface area contributed by atoms with Gasteiger partial charge in [-0.05, 0) is 42.2 Å². The molecule has 2 aromatic heterocycles. The molecule has 1 aliphatic rings. The highest BCUT2D eigenvalue weighted by Crippen LogP contribution is 2.27. The van der Waals surface area contributed by atoms with Gasteiger partial charge in [-0.25, -0.2) is 4.98 Å². The highest BCUT2D eigenvalue weighted by atomic mass is 16.5. The number of aromatic amines is 1. The fourth-order valence-corrected chi connectivity index (χ4v) is 3.76. The second kappa shape index (κ2) is 8.02. The number of nitrogens with zero attached hydrogens (tertiary/aromatic N) is 2. The summed E-state index contributed by atoms with van der Waals surface area (Å²) < 4.78 is 10.6. The molecule has 28 heavy (non-hydrogen) atoms. The number of carbonyl (C=O) groups is 1. The van der Waals surface area contributed by atoms with Crippen LogP contribution in [0.4, 0.5) is 0 Å². The van der Waals surface area contributed by atoms with Gasteiger partial charge in [-0.2, -0.15) is 0 Å². The summed E-state index contributed by atoms with van der Waals surface area (Å²) in [5, 5.41) is 0.994. The molecule has 1 amide bonds. The summed E-state index contributed by atoms with van der Waals surface area (Å²) in [6.45, 7) is 1.52. The Morgan fingerprint density at radius 1 is 1.18 bits per heavy atom. The highest BCUT2D eigenvalue weighted by molar-refractivity contribution is 5.89. The normalized spacial score (nSPS) is 15.1. The first-order valence-electron chi connectivity index (χ1n) is 9.59. The van der Waals surface area contributed by atoms with Crippen LogP contribution in [0.15, 0.2) is 42.7 Å². The van der Waals surface area contributed by atoms with E-state index in [0.717, 1.165) is 59.4 Å². The molecule has 0 spiro atoms. The molecule has 4 rings (SSSR count). The molecule has 3 heterocycles. The second-order valence-electron chi connectivity index (χ2n) is 7.16. The van der Waals surface area contributed by atoms with Gasteiger partial charge in [0.25, 0.3) is 0 Å². The topological polar surface area (TPSA) is 67.5 Å². The summed E-state index contributed by atoms with van der Waals surface area (Å²) in [6.07, 6.45) is 6.20. The zero-order valence-corrected chi connectivity index (χ0v) is 16.3. The van der Waals surface area contributed by atoms with E-state index in [2.05, 4.69) is 16.0 Å². The van der Waals surface area contributed by atoms with Gasteiger partial charge >= 0.3 is 0 Å². The lowest BCUT2D eigenvalue weighted by Crippen LogP contribution is -2.41. The van der Waals surface area contributed by atoms with Gasteiger partial charge in [-0.3, -0.25) is 4.79 Å². The highest BCUT2D eigenvalue weighted by Gasteiger charge is 2.23. The lowest BCUT2D eigenvalue weighted by Gasteiger charge is -2.31. The number of likely N-dealkylation sites (tertiary alicyclic amines) is 1. The number of rotatable bonds is 5. The Bertz CT molecular complexity index is 957. The van der Waals surface area contributed by atoms with Gasteiger partial charge in [0.1, 0.15) is 11.4 Å². The number of piperidine rings is 1. The number of nitrogens with one attached hydrogen (secondary N) is 1. The first kappa shape index (κ1) is 18.5. The number of hydrogen-bond acceptors (Lipinski definition) is 4. The quantitative estimate of drug-likeness (QED) is 0.738. The average molecular weight is 379 g/mol. The second-order valence-corrected chi connectivity index (χ2v) is 7.16. The number of ether oxygens (including phenoxy) is 2. The fourth-order valence-electron chi connectivity index (χ4n) is 3.76. The van der Waals surface area contributed by atoms with E-state index in [-0.39, 0.29) is 12.0 Å². The first-order valence-corrected chi connectivity index (χ1v) is 9.59. The van der Waals surface area contributed by atoms with Crippen molar-refractivity contribution in [3.8, 4) is 16.9 Å². The molecule has 1 aliphatic heterocycles. The first-order chi connectivity index (χ1) is 13.7. The fraction of sp³-hybridized carbons (Fsp3) is 0.364. The minimum atomic E-state index is 0.158. The molecule has 6 heteroatoms. The molecule has 1 aromatic carbocycles. The molecular formula is C22H25N3O3. The zero-order valence-electron chi connectivity index (χ0n) is 16.3. The molecule has 1 saturated heterocycles. The number of fused-ring (bicyclic) bond motifs is 1. The molecular weight excluding hydrogens is 354 g/mol. The zero-order chi connectivity index (χ0) is 19.5. The van der Waals surface area contributed by atoms with E-state index >= 15 is 0 Å². The van der Waals surface area contributed by atoms with Crippen molar-refractivity contribution in [3.63, 3.8) is 0 Å². The van der Waals surface area contributed by atoms with E-state index in [0.29, 0.717) is 6.42 Å². The summed E-state index contributed by atoms with van der Waals surface area (Å²) in [4.78, 5) is 22.4. The number of benzene rings is 1. The van der Waals surface area contributed by atoms with Crippen molar-refractivity contribution in [3.05, 3.63) is 48.3 Å². The third-order valence-electron chi connectivity index (χ3n) is 5.51. The molecule has 0 atom stereocenters. The van der Waals surface area contributed by atoms with Crippen LogP contribution in [0.25, 0.3) is 22.2 Å². The number of H-pyrrole nitrogens is 1. The molecule has 1 N–H and O–H groups in total. The standard InChI is InChI=1S/C22H25N3O3/c1-27-18-5-3-15(4-6-18)16-11-20-17(14-24-22(20)23-13-16)12-21(26)25-9-7-19(28-2)8-10-25/h3-6,11,13-14,19H,7-10,12H2,1-2H3,(H,23,24). The molecule has 1 fully saturated rings. The van der Waals surface area contributed by atoms with E-state index in [1.165, 1.54) is 0 Å². The molecule has 0 radical (unpaired) electrons. The predicted octanol–water partition coefficient (Wildman–Crippen LogP) is 3.42. The Morgan fingerprint density at radius 3 is 2.61 bits per heavy atom. The minimum Gasteiger partial charge on any atom is -0.497 e. The monoisotopic (exact) mass is 379 g/mol. The van der Waals surface area contributed by atoms with Crippen molar-refractivity contribution in [2.24, 2.45) is 0 Å². The van der Waals surface area contributed by atoms with Crippen molar-refractivity contribution in [2.75, 3.05) is 27.3 Å². The van der Waals surface area contributed by atoms with Gasteiger partial charge in [0.2, 0.25) is 5.91 Å². The Balaban J connectivity index is 1.53. The maximum absolute atomic E-state index is 12.8. The van der Waals surface area contributed by atoms with Crippen molar-refractivity contribution in [2.45, 2.75) is 25.4 Å². The van der Waals surface area contributed by atoms with E-state index in [9.17, 15) is 4.79 Å². The minimum absolute atomic E-state index is 0.158. The SMILES string of the molecule is COc1ccc(-c2cnc3[nH]cc(CC(=O)N4CCC(OC)CC4)c3c2)cc1. The Kier molecular flexibility index (Phi) is 5.30. The summed E-state index contributed by atoms with van der Waals surface area (Å²) in [7, 11) is 3.39. The average Bonchev–Trinajstić information content (AvgIpc) is 3.15. The van der Waals surface area contributed by atoms with Gasteiger partial charge in [0.05, 0.1) is 19.6 Å². The van der Waals surface area contributed by atoms with Gasteiger partial charge in [0, 0.05) is 43.5 Å². The van der Waals surface area contributed by atoms with Crippen molar-refractivity contribution < 1.29 is 14.3 Å². The smallest absolute Gasteiger partial charge is 0.227 e. The Hall–Kier alpha value is -2.86. The molecule has 0 aliphatic carbocycles. The number of aromatic nitrogens is 2. The summed E-state index contributed by atoms with van der Waals surface area (Å²) in [5.41, 5.74) is 3.87. The maximum atomic E-state index is 12.8.